The van der Waals surface area contributed by atoms with Crippen molar-refractivity contribution in [2.45, 2.75) is 40.2 Å². The van der Waals surface area contributed by atoms with E-state index in [1.165, 1.54) is 0 Å². The van der Waals surface area contributed by atoms with Gasteiger partial charge in [-0.05, 0) is 27.3 Å². The number of hydrogen-bond donors (Lipinski definition) is 0. The molecule has 0 rings (SSSR count). The van der Waals surface area contributed by atoms with E-state index in [1.807, 2.05) is 0 Å². The van der Waals surface area contributed by atoms with Gasteiger partial charge in [0.15, 0.2) is 0 Å². The van der Waals surface area contributed by atoms with Gasteiger partial charge in [-0.25, -0.2) is 0 Å². The molecule has 0 unspecified atom stereocenters. The maximum absolute atomic E-state index is 10.7. The molecule has 0 aromatic heterocycles. The molecule has 0 bridgehead atoms. The number of rotatable bonds is 5. The second-order valence-electron chi connectivity index (χ2n) is 3.17. The molecule has 0 aromatic carbocycles. The van der Waals surface area contributed by atoms with Crippen molar-refractivity contribution in [1.82, 2.24) is 4.90 Å². The molecule has 0 aliphatic carbocycles. The molecule has 0 fully saturated rings. The fourth-order valence-corrected chi connectivity index (χ4v) is 1.08. The number of carbonyl (C=O) groups is 1. The van der Waals surface area contributed by atoms with E-state index in [9.17, 15) is 4.79 Å². The van der Waals surface area contributed by atoms with E-state index < -0.39 is 0 Å². The van der Waals surface area contributed by atoms with Gasteiger partial charge in [-0.3, -0.25) is 4.79 Å². The molecule has 0 amide bonds. The van der Waals surface area contributed by atoms with Gasteiger partial charge < -0.3 is 4.90 Å². The number of carbonyl (C=O) groups excluding carboxylic acids is 1. The third-order valence-corrected chi connectivity index (χ3v) is 1.89. The van der Waals surface area contributed by atoms with Gasteiger partial charge in [-0.1, -0.05) is 6.92 Å². The van der Waals surface area contributed by atoms with Crippen LogP contribution in [0.4, 0.5) is 0 Å². The molecule has 0 spiro atoms. The molecule has 2 heteroatoms. The lowest BCUT2D eigenvalue weighted by Crippen LogP contribution is -2.32. The topological polar surface area (TPSA) is 20.3 Å². The van der Waals surface area contributed by atoms with Crippen molar-refractivity contribution in [1.29, 1.82) is 0 Å². The Morgan fingerprint density at radius 3 is 2.27 bits per heavy atom. The maximum Gasteiger partial charge on any atom is 0.131 e. The molecular formula is C9H19NO. The minimum absolute atomic E-state index is 0.282. The zero-order valence-corrected chi connectivity index (χ0v) is 8.05. The highest BCUT2D eigenvalue weighted by molar-refractivity contribution is 5.75. The molecule has 0 N–H and O–H groups in total. The number of nitrogens with zero attached hydrogens (tertiary/aromatic N) is 1. The van der Waals surface area contributed by atoms with E-state index in [1.54, 1.807) is 6.92 Å². The van der Waals surface area contributed by atoms with E-state index in [4.69, 9.17) is 0 Å². The first-order valence-corrected chi connectivity index (χ1v) is 4.31. The lowest BCUT2D eigenvalue weighted by molar-refractivity contribution is -0.117. The van der Waals surface area contributed by atoms with Gasteiger partial charge in [0.05, 0.1) is 0 Å². The van der Waals surface area contributed by atoms with E-state index in [0.717, 1.165) is 13.1 Å². The first-order chi connectivity index (χ1) is 5.07. The van der Waals surface area contributed by atoms with Crippen molar-refractivity contribution in [3.8, 4) is 0 Å². The van der Waals surface area contributed by atoms with Crippen LogP contribution in [0.15, 0.2) is 0 Å². The second kappa shape index (κ2) is 5.30. The van der Waals surface area contributed by atoms with E-state index in [-0.39, 0.29) is 5.78 Å². The van der Waals surface area contributed by atoms with Crippen LogP contribution >= 0.6 is 0 Å². The van der Waals surface area contributed by atoms with Crippen LogP contribution in [0.2, 0.25) is 0 Å². The van der Waals surface area contributed by atoms with Crippen molar-refractivity contribution in [2.75, 3.05) is 13.1 Å². The minimum Gasteiger partial charge on any atom is -0.301 e. The van der Waals surface area contributed by atoms with Crippen LogP contribution in [0.5, 0.6) is 0 Å². The highest BCUT2D eigenvalue weighted by Gasteiger charge is 2.06. The van der Waals surface area contributed by atoms with Crippen molar-refractivity contribution >= 4 is 5.78 Å². The summed E-state index contributed by atoms with van der Waals surface area (Å²) in [6.07, 6.45) is 0.687. The smallest absolute Gasteiger partial charge is 0.131 e. The van der Waals surface area contributed by atoms with Gasteiger partial charge >= 0.3 is 0 Å². The summed E-state index contributed by atoms with van der Waals surface area (Å²) in [4.78, 5) is 13.0. The Balaban J connectivity index is 3.61. The summed E-state index contributed by atoms with van der Waals surface area (Å²) in [5, 5.41) is 0. The summed E-state index contributed by atoms with van der Waals surface area (Å²) < 4.78 is 0. The third-order valence-electron chi connectivity index (χ3n) is 1.89. The number of Topliss-reactive ketones (excluding diaryl/α,β-unsaturated/α-hetero) is 1. The molecule has 66 valence electrons. The molecule has 2 nitrogen and oxygen atoms in total. The Labute approximate surface area is 69.6 Å². The summed E-state index contributed by atoms with van der Waals surface area (Å²) in [6.45, 7) is 10.0. The van der Waals surface area contributed by atoms with Crippen LogP contribution in [0.1, 0.15) is 34.1 Å². The molecule has 0 saturated heterocycles. The predicted octanol–water partition coefficient (Wildman–Crippen LogP) is 1.70. The molecule has 0 aliphatic rings. The standard InChI is InChI=1S/C9H19NO/c1-5-10(8(2)3)7-6-9(4)11/h8H,5-7H2,1-4H3. The Kier molecular flexibility index (Phi) is 5.12. The zero-order chi connectivity index (χ0) is 8.85. The van der Waals surface area contributed by atoms with Gasteiger partial charge in [0.25, 0.3) is 0 Å². The molecule has 0 atom stereocenters. The van der Waals surface area contributed by atoms with Crippen molar-refractivity contribution in [3.05, 3.63) is 0 Å². The van der Waals surface area contributed by atoms with Gasteiger partial charge in [0.1, 0.15) is 5.78 Å². The monoisotopic (exact) mass is 157 g/mol. The van der Waals surface area contributed by atoms with Gasteiger partial charge in [-0.2, -0.15) is 0 Å². The number of hydrogen-bond acceptors (Lipinski definition) is 2. The molecule has 0 saturated carbocycles. The Hall–Kier alpha value is -0.370. The Morgan fingerprint density at radius 2 is 2.00 bits per heavy atom. The molecule has 0 heterocycles. The van der Waals surface area contributed by atoms with Crippen LogP contribution in [0, 0.1) is 0 Å². The predicted molar refractivity (Wildman–Crippen MR) is 47.7 cm³/mol. The normalized spacial score (nSPS) is 11.1. The first-order valence-electron chi connectivity index (χ1n) is 4.31. The molecule has 0 aromatic rings. The Morgan fingerprint density at radius 1 is 1.45 bits per heavy atom. The van der Waals surface area contributed by atoms with Crippen molar-refractivity contribution < 1.29 is 4.79 Å². The summed E-state index contributed by atoms with van der Waals surface area (Å²) in [6, 6.07) is 0.555. The average Bonchev–Trinajstić information content (AvgIpc) is 1.87. The van der Waals surface area contributed by atoms with Crippen molar-refractivity contribution in [2.24, 2.45) is 0 Å². The quantitative estimate of drug-likeness (QED) is 0.605. The molecule has 0 radical (unpaired) electrons. The van der Waals surface area contributed by atoms with Gasteiger partial charge in [0, 0.05) is 19.0 Å². The van der Waals surface area contributed by atoms with Crippen LogP contribution in [0.3, 0.4) is 0 Å². The SMILES string of the molecule is CCN(CCC(C)=O)C(C)C. The van der Waals surface area contributed by atoms with Crippen LogP contribution < -0.4 is 0 Å². The zero-order valence-electron chi connectivity index (χ0n) is 8.05. The fraction of sp³-hybridized carbons (Fsp3) is 0.889. The Bertz CT molecular complexity index is 121. The second-order valence-corrected chi connectivity index (χ2v) is 3.17. The maximum atomic E-state index is 10.7. The summed E-state index contributed by atoms with van der Waals surface area (Å²) >= 11 is 0. The molecule has 11 heavy (non-hydrogen) atoms. The fourth-order valence-electron chi connectivity index (χ4n) is 1.08. The van der Waals surface area contributed by atoms with Gasteiger partial charge in [-0.15, -0.1) is 0 Å². The lowest BCUT2D eigenvalue weighted by atomic mass is 10.2. The van der Waals surface area contributed by atoms with Gasteiger partial charge in [0.2, 0.25) is 0 Å². The van der Waals surface area contributed by atoms with Crippen LogP contribution in [0.25, 0.3) is 0 Å². The van der Waals surface area contributed by atoms with E-state index in [0.29, 0.717) is 12.5 Å². The highest BCUT2D eigenvalue weighted by Crippen LogP contribution is 1.98. The average molecular weight is 157 g/mol. The highest BCUT2D eigenvalue weighted by atomic mass is 16.1. The number of ketones is 1. The van der Waals surface area contributed by atoms with E-state index >= 15 is 0 Å². The van der Waals surface area contributed by atoms with Crippen LogP contribution in [-0.4, -0.2) is 29.8 Å². The third kappa shape index (κ3) is 4.96. The van der Waals surface area contributed by atoms with Crippen molar-refractivity contribution in [3.63, 3.8) is 0 Å². The van der Waals surface area contributed by atoms with Crippen LogP contribution in [-0.2, 0) is 4.79 Å². The molecule has 0 aliphatic heterocycles. The summed E-state index contributed by atoms with van der Waals surface area (Å²) in [5.41, 5.74) is 0. The summed E-state index contributed by atoms with van der Waals surface area (Å²) in [5.74, 6) is 0.282. The largest absolute Gasteiger partial charge is 0.301 e. The van der Waals surface area contributed by atoms with E-state index in [2.05, 4.69) is 25.7 Å². The minimum atomic E-state index is 0.282. The molecular weight excluding hydrogens is 138 g/mol. The first kappa shape index (κ1) is 10.6. The lowest BCUT2D eigenvalue weighted by Gasteiger charge is -2.23. The summed E-state index contributed by atoms with van der Waals surface area (Å²) in [7, 11) is 0.